The van der Waals surface area contributed by atoms with Crippen LogP contribution >= 0.6 is 8.53 Å². The largest absolute Gasteiger partial charge is 0.497 e. The fourth-order valence-corrected chi connectivity index (χ4v) is 11.3. The third kappa shape index (κ3) is 9.77. The lowest BCUT2D eigenvalue weighted by molar-refractivity contribution is -0.118. The molecule has 0 saturated carbocycles. The molecule has 3 saturated heterocycles. The lowest BCUT2D eigenvalue weighted by atomic mass is 9.80. The molecule has 17 heteroatoms. The number of nitrogens with zero attached hydrogens (tertiary/aromatic N) is 6. The van der Waals surface area contributed by atoms with E-state index < -0.39 is 38.5 Å². The first-order valence-corrected chi connectivity index (χ1v) is 24.4. The topological polar surface area (TPSA) is 174 Å². The van der Waals surface area contributed by atoms with E-state index in [1.54, 1.807) is 37.2 Å². The SMILES string of the molecule is COc1ccc(C(OC[C@H]2O[C@@H](n3cnc4c(OCCC#N)nc(NC(=O)COc5ccccc5)nc43)C[C@@H]2OP2O[C@@H](c3ccccc3)[C@H]3CCCN32)(c2ccccc2)c2ccc(OC)cc2)cc1. The second kappa shape index (κ2) is 21.4. The van der Waals surface area contributed by atoms with Gasteiger partial charge < -0.3 is 37.5 Å². The number of carbonyl (C=O) groups is 1. The number of methoxy groups -OCH3 is 2. The molecular formula is C53H52N7O9P. The van der Waals surface area contributed by atoms with E-state index in [1.807, 2.05) is 103 Å². The van der Waals surface area contributed by atoms with Crippen molar-refractivity contribution in [2.24, 2.45) is 0 Å². The minimum atomic E-state index is -1.51. The number of nitriles is 1. The quantitative estimate of drug-likeness (QED) is 0.0461. The van der Waals surface area contributed by atoms with Crippen LogP contribution in [0.3, 0.4) is 0 Å². The molecule has 16 nitrogen and oxygen atoms in total. The van der Waals surface area contributed by atoms with Crippen LogP contribution in [0, 0.1) is 11.3 Å². The summed E-state index contributed by atoms with van der Waals surface area (Å²) in [5.74, 6) is 1.55. The van der Waals surface area contributed by atoms with Crippen molar-refractivity contribution in [3.05, 3.63) is 168 Å². The Morgan fingerprint density at radius 1 is 0.829 bits per heavy atom. The van der Waals surface area contributed by atoms with Crippen LogP contribution in [-0.4, -0.2) is 88.9 Å². The van der Waals surface area contributed by atoms with Crippen LogP contribution in [0.1, 0.15) is 60.3 Å². The monoisotopic (exact) mass is 961 g/mol. The Hall–Kier alpha value is -6.96. The molecular weight excluding hydrogens is 910 g/mol. The fraction of sp³-hybridized carbons (Fsp3) is 0.302. The smallest absolute Gasteiger partial charge is 0.264 e. The number of fused-ring (bicyclic) bond motifs is 2. The number of amides is 1. The Kier molecular flexibility index (Phi) is 14.3. The van der Waals surface area contributed by atoms with Gasteiger partial charge in [0.1, 0.15) is 47.9 Å². The number of aromatic nitrogens is 4. The highest BCUT2D eigenvalue weighted by molar-refractivity contribution is 7.45. The molecule has 0 radical (unpaired) electrons. The Labute approximate surface area is 407 Å². The summed E-state index contributed by atoms with van der Waals surface area (Å²) in [4.78, 5) is 27.2. The molecule has 0 aliphatic carbocycles. The zero-order chi connectivity index (χ0) is 47.9. The molecule has 1 unspecified atom stereocenters. The van der Waals surface area contributed by atoms with E-state index in [1.165, 1.54) is 0 Å². The highest BCUT2D eigenvalue weighted by atomic mass is 31.2. The van der Waals surface area contributed by atoms with Crippen molar-refractivity contribution in [3.63, 3.8) is 0 Å². The van der Waals surface area contributed by atoms with Gasteiger partial charge in [-0.3, -0.25) is 14.7 Å². The first-order valence-electron chi connectivity index (χ1n) is 23.2. The van der Waals surface area contributed by atoms with E-state index in [0.29, 0.717) is 34.8 Å². The summed E-state index contributed by atoms with van der Waals surface area (Å²) in [5, 5.41) is 12.1. The molecule has 10 rings (SSSR count). The van der Waals surface area contributed by atoms with Crippen LogP contribution in [0.5, 0.6) is 23.1 Å². The molecule has 0 spiro atoms. The first kappa shape index (κ1) is 46.8. The summed E-state index contributed by atoms with van der Waals surface area (Å²) >= 11 is 0. The molecule has 3 fully saturated rings. The lowest BCUT2D eigenvalue weighted by Gasteiger charge is -2.37. The maximum atomic E-state index is 13.2. The van der Waals surface area contributed by atoms with Crippen LogP contribution < -0.4 is 24.3 Å². The van der Waals surface area contributed by atoms with Gasteiger partial charge in [-0.1, -0.05) is 103 Å². The molecule has 5 heterocycles. The van der Waals surface area contributed by atoms with Crippen LogP contribution in [0.4, 0.5) is 5.95 Å². The zero-order valence-electron chi connectivity index (χ0n) is 38.7. The third-order valence-corrected chi connectivity index (χ3v) is 14.5. The average Bonchev–Trinajstić information content (AvgIpc) is 4.23. The van der Waals surface area contributed by atoms with E-state index in [-0.39, 0.29) is 50.2 Å². The van der Waals surface area contributed by atoms with Crippen molar-refractivity contribution in [2.75, 3.05) is 45.9 Å². The van der Waals surface area contributed by atoms with E-state index in [2.05, 4.69) is 45.3 Å². The molecule has 70 heavy (non-hydrogen) atoms. The number of anilines is 1. The van der Waals surface area contributed by atoms with E-state index in [4.69, 9.17) is 47.4 Å². The summed E-state index contributed by atoms with van der Waals surface area (Å²) in [6.45, 7) is 0.696. The second-order valence-electron chi connectivity index (χ2n) is 17.0. The van der Waals surface area contributed by atoms with Crippen LogP contribution in [0.2, 0.25) is 0 Å². The van der Waals surface area contributed by atoms with Crippen LogP contribution in [0.15, 0.2) is 146 Å². The van der Waals surface area contributed by atoms with E-state index >= 15 is 0 Å². The maximum Gasteiger partial charge on any atom is 0.264 e. The van der Waals surface area contributed by atoms with E-state index in [0.717, 1.165) is 41.6 Å². The predicted molar refractivity (Wildman–Crippen MR) is 260 cm³/mol. The highest BCUT2D eigenvalue weighted by Gasteiger charge is 2.51. The molecule has 3 aliphatic rings. The summed E-state index contributed by atoms with van der Waals surface area (Å²) < 4.78 is 55.7. The molecule has 6 atom stereocenters. The molecule has 1 amide bonds. The van der Waals surface area contributed by atoms with Gasteiger partial charge in [0, 0.05) is 19.0 Å². The van der Waals surface area contributed by atoms with Gasteiger partial charge in [0.25, 0.3) is 14.4 Å². The summed E-state index contributed by atoms with van der Waals surface area (Å²) in [5.41, 5.74) is 3.29. The molecule has 2 aromatic heterocycles. The Bertz CT molecular complexity index is 2840. The number of hydrogen-bond acceptors (Lipinski definition) is 14. The number of carbonyl (C=O) groups excluding carboxylic acids is 1. The van der Waals surface area contributed by atoms with Gasteiger partial charge in [0.2, 0.25) is 11.8 Å². The molecule has 3 aliphatic heterocycles. The van der Waals surface area contributed by atoms with Crippen molar-refractivity contribution < 1.29 is 42.3 Å². The maximum absolute atomic E-state index is 13.2. The fourth-order valence-electron chi connectivity index (χ4n) is 9.33. The van der Waals surface area contributed by atoms with Gasteiger partial charge in [-0.2, -0.15) is 15.2 Å². The molecule has 5 aromatic carbocycles. The van der Waals surface area contributed by atoms with E-state index in [9.17, 15) is 10.1 Å². The third-order valence-electron chi connectivity index (χ3n) is 12.7. The van der Waals surface area contributed by atoms with Gasteiger partial charge in [-0.15, -0.1) is 0 Å². The number of rotatable bonds is 19. The minimum Gasteiger partial charge on any atom is -0.497 e. The molecule has 7 aromatic rings. The first-order chi connectivity index (χ1) is 34.4. The number of ether oxygens (including phenoxy) is 6. The molecule has 0 bridgehead atoms. The highest BCUT2D eigenvalue weighted by Crippen LogP contribution is 2.62. The Balaban J connectivity index is 1.01. The standard InChI is InChI=1S/C53H52N7O9P/c1-62-40-25-21-38(22-26-40)53(37-16-8-4-9-17-37,39-23-27-41(63-2)28-24-39)66-33-45-44(68-70-60-30-12-20-43(60)49(69-70)36-14-6-3-7-15-36)32-47(67-45)59-35-55-48-50(59)57-52(58-51(48)64-31-13-29-54)56-46(61)34-65-42-18-10-5-11-19-42/h3-11,14-19,21-28,35,43-45,47,49H,12-13,20,30-34H2,1-2H3,(H,56,57,58,61)/t43-,44+,45-,47-,49+,70?/m1/s1. The molecule has 358 valence electrons. The van der Waals surface area contributed by atoms with Gasteiger partial charge in [-0.05, 0) is 71.5 Å². The van der Waals surface area contributed by atoms with Gasteiger partial charge in [0.05, 0.1) is 45.7 Å². The summed E-state index contributed by atoms with van der Waals surface area (Å²) in [6.07, 6.45) is 2.12. The number of benzene rings is 5. The minimum absolute atomic E-state index is 0.0324. The van der Waals surface area contributed by atoms with Gasteiger partial charge in [0.15, 0.2) is 17.8 Å². The average molecular weight is 962 g/mol. The zero-order valence-corrected chi connectivity index (χ0v) is 39.6. The Morgan fingerprint density at radius 2 is 1.49 bits per heavy atom. The van der Waals surface area contributed by atoms with Crippen molar-refractivity contribution in [1.29, 1.82) is 5.26 Å². The van der Waals surface area contributed by atoms with Crippen molar-refractivity contribution in [3.8, 4) is 29.2 Å². The number of imidazole rings is 1. The number of para-hydroxylation sites is 1. The number of nitrogens with one attached hydrogen (secondary N) is 1. The van der Waals surface area contributed by atoms with Crippen LogP contribution in [-0.2, 0) is 28.9 Å². The van der Waals surface area contributed by atoms with Crippen molar-refractivity contribution in [1.82, 2.24) is 24.2 Å². The molecule has 1 N–H and O–H groups in total. The van der Waals surface area contributed by atoms with Gasteiger partial charge >= 0.3 is 0 Å². The normalized spacial score (nSPS) is 21.0. The van der Waals surface area contributed by atoms with Crippen molar-refractivity contribution in [2.45, 2.75) is 61.9 Å². The summed E-state index contributed by atoms with van der Waals surface area (Å²) in [7, 11) is 1.78. The summed E-state index contributed by atoms with van der Waals surface area (Å²) in [6, 6.07) is 47.5. The lowest BCUT2D eigenvalue weighted by Crippen LogP contribution is -2.38. The number of hydrogen-bond donors (Lipinski definition) is 1. The second-order valence-corrected chi connectivity index (χ2v) is 18.4. The van der Waals surface area contributed by atoms with Gasteiger partial charge in [-0.25, -0.2) is 9.65 Å². The van der Waals surface area contributed by atoms with Crippen LogP contribution in [0.25, 0.3) is 11.2 Å². The Morgan fingerprint density at radius 3 is 2.16 bits per heavy atom. The van der Waals surface area contributed by atoms with Crippen molar-refractivity contribution >= 4 is 31.5 Å². The predicted octanol–water partition coefficient (Wildman–Crippen LogP) is 9.30.